The van der Waals surface area contributed by atoms with Crippen LogP contribution in [-0.2, 0) is 5.41 Å². The Morgan fingerprint density at radius 3 is 2.45 bits per heavy atom. The third-order valence-corrected chi connectivity index (χ3v) is 7.19. The predicted molar refractivity (Wildman–Crippen MR) is 157 cm³/mol. The number of pyridine rings is 1. The highest BCUT2D eigenvalue weighted by Gasteiger charge is 2.21. The van der Waals surface area contributed by atoms with E-state index >= 15 is 0 Å². The summed E-state index contributed by atoms with van der Waals surface area (Å²) in [6, 6.07) is 25.9. The number of fused-ring (bicyclic) bond motifs is 3. The zero-order chi connectivity index (χ0) is 28.0. The molecule has 0 fully saturated rings. The molecule has 0 bridgehead atoms. The third kappa shape index (κ3) is 4.38. The minimum absolute atomic E-state index is 0.0686. The highest BCUT2D eigenvalue weighted by atomic mass is 16.5. The second-order valence-electron chi connectivity index (χ2n) is 11.1. The summed E-state index contributed by atoms with van der Waals surface area (Å²) in [5, 5.41) is 21.4. The molecular formula is C33H28N6O. The highest BCUT2D eigenvalue weighted by Crippen LogP contribution is 2.39. The second-order valence-corrected chi connectivity index (χ2v) is 11.1. The lowest BCUT2D eigenvalue weighted by Crippen LogP contribution is -2.21. The molecule has 1 aliphatic heterocycles. The van der Waals surface area contributed by atoms with Crippen LogP contribution in [0.4, 0.5) is 5.69 Å². The van der Waals surface area contributed by atoms with Gasteiger partial charge in [-0.1, -0.05) is 26.8 Å². The number of nitriles is 2. The Labute approximate surface area is 233 Å². The summed E-state index contributed by atoms with van der Waals surface area (Å²) >= 11 is 0. The molecule has 7 heteroatoms. The van der Waals surface area contributed by atoms with E-state index in [4.69, 9.17) is 9.72 Å². The van der Waals surface area contributed by atoms with Crippen LogP contribution in [0.1, 0.15) is 37.5 Å². The van der Waals surface area contributed by atoms with E-state index in [0.29, 0.717) is 22.6 Å². The fourth-order valence-electron chi connectivity index (χ4n) is 5.15. The molecule has 7 nitrogen and oxygen atoms in total. The molecule has 0 aliphatic carbocycles. The molecule has 196 valence electrons. The maximum Gasteiger partial charge on any atom is 0.137 e. The second kappa shape index (κ2) is 9.48. The average Bonchev–Trinajstić information content (AvgIpc) is 3.53. The Morgan fingerprint density at radius 2 is 1.73 bits per heavy atom. The molecule has 3 aromatic carbocycles. The first-order valence-corrected chi connectivity index (χ1v) is 13.1. The summed E-state index contributed by atoms with van der Waals surface area (Å²) < 4.78 is 8.42. The van der Waals surface area contributed by atoms with Gasteiger partial charge in [0.25, 0.3) is 0 Å². The summed E-state index contributed by atoms with van der Waals surface area (Å²) in [7, 11) is 2.03. The van der Waals surface area contributed by atoms with Crippen molar-refractivity contribution in [3.63, 3.8) is 0 Å². The minimum Gasteiger partial charge on any atom is -0.457 e. The Morgan fingerprint density at radius 1 is 0.875 bits per heavy atom. The molecule has 0 amide bonds. The van der Waals surface area contributed by atoms with Gasteiger partial charge in [0.1, 0.15) is 17.3 Å². The van der Waals surface area contributed by atoms with Gasteiger partial charge >= 0.3 is 0 Å². The van der Waals surface area contributed by atoms with Gasteiger partial charge in [0.2, 0.25) is 0 Å². The summed E-state index contributed by atoms with van der Waals surface area (Å²) in [5.74, 6) is 1.96. The van der Waals surface area contributed by atoms with Gasteiger partial charge in [-0.25, -0.2) is 4.98 Å². The van der Waals surface area contributed by atoms with Crippen molar-refractivity contribution in [1.82, 2.24) is 14.5 Å². The molecule has 0 radical (unpaired) electrons. The van der Waals surface area contributed by atoms with E-state index in [-0.39, 0.29) is 5.41 Å². The SMILES string of the molecule is CN1C=CN(c2cccc(Oc3cc(C#N)c4c5cc(C#N)ccc5n(-c5cc(C(C)(C)C)ccn5)c4c3)c2)C1. The van der Waals surface area contributed by atoms with Gasteiger partial charge in [-0.15, -0.1) is 0 Å². The van der Waals surface area contributed by atoms with E-state index < -0.39 is 0 Å². The van der Waals surface area contributed by atoms with Crippen LogP contribution in [0.3, 0.4) is 0 Å². The van der Waals surface area contributed by atoms with E-state index in [2.05, 4.69) is 53.3 Å². The number of benzene rings is 3. The number of hydrogen-bond donors (Lipinski definition) is 0. The van der Waals surface area contributed by atoms with Crippen molar-refractivity contribution < 1.29 is 4.74 Å². The summed E-state index contributed by atoms with van der Waals surface area (Å²) in [6.45, 7) is 7.27. The molecule has 40 heavy (non-hydrogen) atoms. The lowest BCUT2D eigenvalue weighted by molar-refractivity contribution is 0.481. The largest absolute Gasteiger partial charge is 0.457 e. The molecule has 3 heterocycles. The molecular weight excluding hydrogens is 496 g/mol. The van der Waals surface area contributed by atoms with Crippen LogP contribution < -0.4 is 9.64 Å². The van der Waals surface area contributed by atoms with E-state index in [1.165, 1.54) is 0 Å². The predicted octanol–water partition coefficient (Wildman–Crippen LogP) is 7.19. The van der Waals surface area contributed by atoms with E-state index in [9.17, 15) is 10.5 Å². The molecule has 6 rings (SSSR count). The maximum atomic E-state index is 10.2. The molecule has 0 spiro atoms. The molecule has 0 atom stereocenters. The monoisotopic (exact) mass is 524 g/mol. The quantitative estimate of drug-likeness (QED) is 0.247. The maximum absolute atomic E-state index is 10.2. The number of ether oxygens (including phenoxy) is 1. The van der Waals surface area contributed by atoms with Gasteiger partial charge in [0.05, 0.1) is 41.0 Å². The highest BCUT2D eigenvalue weighted by molar-refractivity contribution is 6.12. The molecule has 0 saturated carbocycles. The van der Waals surface area contributed by atoms with Crippen molar-refractivity contribution in [3.8, 4) is 29.5 Å². The smallest absolute Gasteiger partial charge is 0.137 e. The average molecular weight is 525 g/mol. The van der Waals surface area contributed by atoms with Crippen LogP contribution in [0, 0.1) is 22.7 Å². The lowest BCUT2D eigenvalue weighted by Gasteiger charge is -2.20. The van der Waals surface area contributed by atoms with E-state index in [1.807, 2.05) is 74.2 Å². The van der Waals surface area contributed by atoms with Crippen LogP contribution in [-0.4, -0.2) is 28.2 Å². The fourth-order valence-corrected chi connectivity index (χ4v) is 5.15. The van der Waals surface area contributed by atoms with Gasteiger partial charge < -0.3 is 14.5 Å². The third-order valence-electron chi connectivity index (χ3n) is 7.19. The zero-order valence-corrected chi connectivity index (χ0v) is 22.9. The van der Waals surface area contributed by atoms with Crippen molar-refractivity contribution in [1.29, 1.82) is 10.5 Å². The molecule has 2 aromatic heterocycles. The summed E-state index contributed by atoms with van der Waals surface area (Å²) in [4.78, 5) is 8.96. The Bertz CT molecular complexity index is 1900. The van der Waals surface area contributed by atoms with Gasteiger partial charge in [-0.3, -0.25) is 4.57 Å². The van der Waals surface area contributed by atoms with Gasteiger partial charge in [0, 0.05) is 54.2 Å². The number of anilines is 1. The molecule has 5 aromatic rings. The number of nitrogens with zero attached hydrogens (tertiary/aromatic N) is 6. The van der Waals surface area contributed by atoms with E-state index in [0.717, 1.165) is 45.5 Å². The standard InChI is InChI=1S/C33H28N6O/c1-33(2,3)24-10-11-36-31(16-24)39-29-9-8-22(19-34)14-28(29)32-23(20-35)15-27(18-30(32)39)40-26-7-5-6-25(17-26)38-13-12-37(4)21-38/h5-18H,21H2,1-4H3. The summed E-state index contributed by atoms with van der Waals surface area (Å²) in [6.07, 6.45) is 5.88. The van der Waals surface area contributed by atoms with Crippen LogP contribution >= 0.6 is 0 Å². The van der Waals surface area contributed by atoms with Crippen molar-refractivity contribution in [2.45, 2.75) is 26.2 Å². The van der Waals surface area contributed by atoms with Crippen molar-refractivity contribution in [2.75, 3.05) is 18.6 Å². The number of hydrogen-bond acceptors (Lipinski definition) is 6. The molecule has 1 aliphatic rings. The normalized spacial score (nSPS) is 13.2. The first kappa shape index (κ1) is 25.0. The lowest BCUT2D eigenvalue weighted by atomic mass is 9.88. The summed E-state index contributed by atoms with van der Waals surface area (Å²) in [5.41, 5.74) is 4.75. The topological polar surface area (TPSA) is 81.1 Å². The van der Waals surface area contributed by atoms with Crippen LogP contribution in [0.15, 0.2) is 85.3 Å². The van der Waals surface area contributed by atoms with Gasteiger partial charge in [-0.2, -0.15) is 10.5 Å². The van der Waals surface area contributed by atoms with Crippen LogP contribution in [0.2, 0.25) is 0 Å². The molecule has 0 N–H and O–H groups in total. The zero-order valence-electron chi connectivity index (χ0n) is 22.9. The van der Waals surface area contributed by atoms with E-state index in [1.54, 1.807) is 12.1 Å². The Hall–Kier alpha value is -5.27. The van der Waals surface area contributed by atoms with Crippen LogP contribution in [0.25, 0.3) is 27.6 Å². The van der Waals surface area contributed by atoms with Crippen molar-refractivity contribution in [2.24, 2.45) is 0 Å². The minimum atomic E-state index is -0.0686. The molecule has 0 saturated heterocycles. The first-order valence-electron chi connectivity index (χ1n) is 13.1. The Balaban J connectivity index is 1.54. The van der Waals surface area contributed by atoms with Crippen LogP contribution in [0.5, 0.6) is 11.5 Å². The van der Waals surface area contributed by atoms with Gasteiger partial charge in [0.15, 0.2) is 0 Å². The van der Waals surface area contributed by atoms with Crippen molar-refractivity contribution >= 4 is 27.5 Å². The number of aromatic nitrogens is 2. The number of rotatable bonds is 4. The fraction of sp³-hybridized carbons (Fsp3) is 0.182. The van der Waals surface area contributed by atoms with Gasteiger partial charge in [-0.05, 0) is 59.5 Å². The molecule has 0 unspecified atom stereocenters. The Kier molecular flexibility index (Phi) is 5.93. The van der Waals surface area contributed by atoms with Crippen molar-refractivity contribution in [3.05, 3.63) is 102 Å². The first-order chi connectivity index (χ1) is 19.2.